The Balaban J connectivity index is 3.19. The zero-order valence-corrected chi connectivity index (χ0v) is 8.53. The topological polar surface area (TPSA) is 83.6 Å². The highest BCUT2D eigenvalue weighted by molar-refractivity contribution is 5.68. The molecule has 0 aliphatic rings. The van der Waals surface area contributed by atoms with Gasteiger partial charge in [-0.05, 0) is 17.7 Å². The number of hydrogen-bond acceptors (Lipinski definition) is 3. The SMILES string of the molecule is N[C@@H](CC(=O)O)c1ccc(O)cc1C(F)(F)F. The molecular formula is C10H10F3NO3. The first-order chi connectivity index (χ1) is 7.71. The van der Waals surface area contributed by atoms with Gasteiger partial charge in [0.05, 0.1) is 12.0 Å². The van der Waals surface area contributed by atoms with E-state index in [1.165, 1.54) is 0 Å². The molecule has 1 rings (SSSR count). The monoisotopic (exact) mass is 249 g/mol. The average molecular weight is 249 g/mol. The Hall–Kier alpha value is -1.76. The molecule has 17 heavy (non-hydrogen) atoms. The number of rotatable bonds is 3. The van der Waals surface area contributed by atoms with Gasteiger partial charge >= 0.3 is 12.1 Å². The second kappa shape index (κ2) is 4.62. The van der Waals surface area contributed by atoms with Gasteiger partial charge in [-0.1, -0.05) is 6.07 Å². The van der Waals surface area contributed by atoms with Crippen LogP contribution in [0.15, 0.2) is 18.2 Å². The Bertz CT molecular complexity index is 431. The fraction of sp³-hybridized carbons (Fsp3) is 0.300. The van der Waals surface area contributed by atoms with Crippen molar-refractivity contribution >= 4 is 5.97 Å². The summed E-state index contributed by atoms with van der Waals surface area (Å²) in [5, 5.41) is 17.5. The smallest absolute Gasteiger partial charge is 0.416 e. The maximum Gasteiger partial charge on any atom is 0.416 e. The van der Waals surface area contributed by atoms with Gasteiger partial charge in [0.25, 0.3) is 0 Å². The molecule has 0 aliphatic heterocycles. The van der Waals surface area contributed by atoms with E-state index in [1.54, 1.807) is 0 Å². The van der Waals surface area contributed by atoms with E-state index >= 15 is 0 Å². The molecule has 0 spiro atoms. The number of carboxylic acid groups (broad SMARTS) is 1. The lowest BCUT2D eigenvalue weighted by molar-refractivity contribution is -0.140. The number of phenols is 1. The standard InChI is InChI=1S/C10H10F3NO3/c11-10(12,13)7-3-5(15)1-2-6(7)8(14)4-9(16)17/h1-3,8,15H,4,14H2,(H,16,17)/t8-/m0/s1. The average Bonchev–Trinajstić information content (AvgIpc) is 2.14. The number of aromatic hydroxyl groups is 1. The third kappa shape index (κ3) is 3.35. The number of alkyl halides is 3. The lowest BCUT2D eigenvalue weighted by Crippen LogP contribution is -2.20. The minimum Gasteiger partial charge on any atom is -0.508 e. The minimum absolute atomic E-state index is 0.349. The van der Waals surface area contributed by atoms with Gasteiger partial charge in [0.1, 0.15) is 5.75 Å². The van der Waals surface area contributed by atoms with E-state index in [0.29, 0.717) is 6.07 Å². The molecule has 0 bridgehead atoms. The second-order valence-corrected chi connectivity index (χ2v) is 3.47. The molecule has 0 fully saturated rings. The van der Waals surface area contributed by atoms with Gasteiger partial charge in [0.15, 0.2) is 0 Å². The summed E-state index contributed by atoms with van der Waals surface area (Å²) in [5.74, 6) is -1.85. The van der Waals surface area contributed by atoms with Crippen LogP contribution in [-0.2, 0) is 11.0 Å². The van der Waals surface area contributed by atoms with Crippen molar-refractivity contribution in [3.8, 4) is 5.75 Å². The number of carboxylic acids is 1. The molecule has 0 aromatic heterocycles. The molecule has 0 heterocycles. The van der Waals surface area contributed by atoms with Gasteiger partial charge in [0.2, 0.25) is 0 Å². The molecular weight excluding hydrogens is 239 g/mol. The van der Waals surface area contributed by atoms with Crippen LogP contribution in [0.1, 0.15) is 23.6 Å². The molecule has 0 aliphatic carbocycles. The van der Waals surface area contributed by atoms with Crippen molar-refractivity contribution in [2.75, 3.05) is 0 Å². The van der Waals surface area contributed by atoms with Gasteiger partial charge in [-0.3, -0.25) is 4.79 Å². The van der Waals surface area contributed by atoms with E-state index < -0.39 is 35.9 Å². The Morgan fingerprint density at radius 1 is 1.41 bits per heavy atom. The van der Waals surface area contributed by atoms with Gasteiger partial charge in [-0.2, -0.15) is 13.2 Å². The molecule has 1 aromatic carbocycles. The lowest BCUT2D eigenvalue weighted by Gasteiger charge is -2.17. The maximum atomic E-state index is 12.6. The number of hydrogen-bond donors (Lipinski definition) is 3. The first kappa shape index (κ1) is 13.3. The van der Waals surface area contributed by atoms with Crippen molar-refractivity contribution in [1.29, 1.82) is 0 Å². The predicted molar refractivity (Wildman–Crippen MR) is 52.3 cm³/mol. The second-order valence-electron chi connectivity index (χ2n) is 3.47. The third-order valence-electron chi connectivity index (χ3n) is 2.14. The van der Waals surface area contributed by atoms with Gasteiger partial charge in [-0.25, -0.2) is 0 Å². The van der Waals surface area contributed by atoms with E-state index in [4.69, 9.17) is 15.9 Å². The Morgan fingerprint density at radius 2 is 2.00 bits per heavy atom. The van der Waals surface area contributed by atoms with Crippen LogP contribution in [0.3, 0.4) is 0 Å². The van der Waals surface area contributed by atoms with Crippen LogP contribution < -0.4 is 5.73 Å². The molecule has 4 N–H and O–H groups in total. The first-order valence-electron chi connectivity index (χ1n) is 4.59. The van der Waals surface area contributed by atoms with E-state index in [0.717, 1.165) is 12.1 Å². The van der Waals surface area contributed by atoms with Crippen LogP contribution in [0.4, 0.5) is 13.2 Å². The van der Waals surface area contributed by atoms with Crippen LogP contribution in [0, 0.1) is 0 Å². The normalized spacial score (nSPS) is 13.4. The highest BCUT2D eigenvalue weighted by Gasteiger charge is 2.35. The van der Waals surface area contributed by atoms with E-state index in [9.17, 15) is 18.0 Å². The van der Waals surface area contributed by atoms with Gasteiger partial charge in [-0.15, -0.1) is 0 Å². The fourth-order valence-corrected chi connectivity index (χ4v) is 1.41. The number of halogens is 3. The maximum absolute atomic E-state index is 12.6. The first-order valence-corrected chi connectivity index (χ1v) is 4.59. The number of phenolic OH excluding ortho intramolecular Hbond substituents is 1. The number of aliphatic carboxylic acids is 1. The minimum atomic E-state index is -4.69. The number of benzene rings is 1. The van der Waals surface area contributed by atoms with Crippen molar-refractivity contribution < 1.29 is 28.2 Å². The number of carbonyl (C=O) groups is 1. The lowest BCUT2D eigenvalue weighted by atomic mass is 9.98. The summed E-state index contributed by atoms with van der Waals surface area (Å²) in [6, 6.07) is 1.26. The molecule has 7 heteroatoms. The van der Waals surface area contributed by atoms with E-state index in [-0.39, 0.29) is 5.56 Å². The van der Waals surface area contributed by atoms with Crippen molar-refractivity contribution in [2.24, 2.45) is 5.73 Å². The molecule has 0 amide bonds. The van der Waals surface area contributed by atoms with E-state index in [1.807, 2.05) is 0 Å². The summed E-state index contributed by atoms with van der Waals surface area (Å²) in [5.41, 5.74) is 3.91. The van der Waals surface area contributed by atoms with Crippen molar-refractivity contribution in [1.82, 2.24) is 0 Å². The molecule has 94 valence electrons. The van der Waals surface area contributed by atoms with Crippen LogP contribution in [0.5, 0.6) is 5.75 Å². The Labute approximate surface area is 94.5 Å². The Kier molecular flexibility index (Phi) is 3.62. The summed E-state index contributed by atoms with van der Waals surface area (Å²) < 4.78 is 37.8. The summed E-state index contributed by atoms with van der Waals surface area (Å²) in [6.07, 6.45) is -5.31. The Morgan fingerprint density at radius 3 is 2.47 bits per heavy atom. The molecule has 0 radical (unpaired) electrons. The number of nitrogens with two attached hydrogens (primary N) is 1. The quantitative estimate of drug-likeness (QED) is 0.763. The largest absolute Gasteiger partial charge is 0.508 e. The van der Waals surface area contributed by atoms with Crippen LogP contribution in [0.25, 0.3) is 0 Å². The van der Waals surface area contributed by atoms with Crippen molar-refractivity contribution in [3.63, 3.8) is 0 Å². The zero-order chi connectivity index (χ0) is 13.2. The van der Waals surface area contributed by atoms with Gasteiger partial charge < -0.3 is 15.9 Å². The van der Waals surface area contributed by atoms with Crippen molar-refractivity contribution in [3.05, 3.63) is 29.3 Å². The highest BCUT2D eigenvalue weighted by atomic mass is 19.4. The summed E-state index contributed by atoms with van der Waals surface area (Å²) in [4.78, 5) is 10.4. The van der Waals surface area contributed by atoms with Crippen LogP contribution in [0.2, 0.25) is 0 Å². The van der Waals surface area contributed by atoms with Gasteiger partial charge in [0, 0.05) is 6.04 Å². The third-order valence-corrected chi connectivity index (χ3v) is 2.14. The predicted octanol–water partition coefficient (Wildman–Crippen LogP) is 1.89. The molecule has 0 saturated carbocycles. The zero-order valence-electron chi connectivity index (χ0n) is 8.53. The molecule has 0 unspecified atom stereocenters. The molecule has 1 aromatic rings. The molecule has 4 nitrogen and oxygen atoms in total. The van der Waals surface area contributed by atoms with Crippen LogP contribution in [-0.4, -0.2) is 16.2 Å². The summed E-state index contributed by atoms with van der Waals surface area (Å²) in [7, 11) is 0. The van der Waals surface area contributed by atoms with Crippen LogP contribution >= 0.6 is 0 Å². The molecule has 1 atom stereocenters. The van der Waals surface area contributed by atoms with E-state index in [2.05, 4.69) is 0 Å². The highest BCUT2D eigenvalue weighted by Crippen LogP contribution is 2.36. The summed E-state index contributed by atoms with van der Waals surface area (Å²) in [6.45, 7) is 0. The van der Waals surface area contributed by atoms with Crippen molar-refractivity contribution in [2.45, 2.75) is 18.6 Å². The molecule has 0 saturated heterocycles. The summed E-state index contributed by atoms with van der Waals surface area (Å²) >= 11 is 0. The fourth-order valence-electron chi connectivity index (χ4n) is 1.41.